The van der Waals surface area contributed by atoms with E-state index in [-0.39, 0.29) is 5.41 Å². The molecule has 2 heterocycles. The Kier molecular flexibility index (Phi) is 4.44. The molecule has 0 amide bonds. The normalized spacial score (nSPS) is 26.5. The SMILES string of the molecule is CCN(Cc1ccco1)CC1(CNC2CC2)CCOC1. The van der Waals surface area contributed by atoms with Crippen molar-refractivity contribution < 1.29 is 9.15 Å². The van der Waals surface area contributed by atoms with Crippen LogP contribution in [-0.4, -0.2) is 43.8 Å². The van der Waals surface area contributed by atoms with Gasteiger partial charge in [0.25, 0.3) is 0 Å². The minimum Gasteiger partial charge on any atom is -0.468 e. The van der Waals surface area contributed by atoms with Crippen molar-refractivity contribution >= 4 is 0 Å². The number of nitrogens with one attached hydrogen (secondary N) is 1. The van der Waals surface area contributed by atoms with Gasteiger partial charge in [0.1, 0.15) is 5.76 Å². The Hall–Kier alpha value is -0.840. The third kappa shape index (κ3) is 3.62. The summed E-state index contributed by atoms with van der Waals surface area (Å²) in [4.78, 5) is 2.47. The molecule has 20 heavy (non-hydrogen) atoms. The van der Waals surface area contributed by atoms with E-state index in [1.54, 1.807) is 6.26 Å². The fraction of sp³-hybridized carbons (Fsp3) is 0.750. The van der Waals surface area contributed by atoms with Gasteiger partial charge in [-0.15, -0.1) is 0 Å². The molecule has 2 aliphatic rings. The van der Waals surface area contributed by atoms with Crippen molar-refractivity contribution in [2.24, 2.45) is 5.41 Å². The summed E-state index contributed by atoms with van der Waals surface area (Å²) >= 11 is 0. The van der Waals surface area contributed by atoms with Gasteiger partial charge in [-0.25, -0.2) is 0 Å². The molecule has 3 rings (SSSR count). The van der Waals surface area contributed by atoms with Crippen molar-refractivity contribution in [2.75, 3.05) is 32.8 Å². The maximum atomic E-state index is 5.70. The Balaban J connectivity index is 1.58. The van der Waals surface area contributed by atoms with Gasteiger partial charge in [-0.2, -0.15) is 0 Å². The Labute approximate surface area is 121 Å². The van der Waals surface area contributed by atoms with E-state index in [1.807, 2.05) is 6.07 Å². The molecule has 1 atom stereocenters. The monoisotopic (exact) mass is 278 g/mol. The first-order valence-electron chi connectivity index (χ1n) is 7.85. The van der Waals surface area contributed by atoms with Crippen molar-refractivity contribution in [2.45, 2.75) is 38.8 Å². The molecule has 1 aliphatic carbocycles. The lowest BCUT2D eigenvalue weighted by Crippen LogP contribution is -2.45. The summed E-state index contributed by atoms with van der Waals surface area (Å²) in [7, 11) is 0. The second-order valence-electron chi connectivity index (χ2n) is 6.34. The minimum absolute atomic E-state index is 0.283. The molecular weight excluding hydrogens is 252 g/mol. The Morgan fingerprint density at radius 1 is 1.45 bits per heavy atom. The second kappa shape index (κ2) is 6.29. The zero-order valence-corrected chi connectivity index (χ0v) is 12.4. The summed E-state index contributed by atoms with van der Waals surface area (Å²) in [6.45, 7) is 8.14. The van der Waals surface area contributed by atoms with Gasteiger partial charge in [-0.05, 0) is 37.9 Å². The van der Waals surface area contributed by atoms with E-state index in [0.29, 0.717) is 0 Å². The van der Waals surface area contributed by atoms with Crippen LogP contribution in [0.15, 0.2) is 22.8 Å². The summed E-state index contributed by atoms with van der Waals surface area (Å²) < 4.78 is 11.2. The summed E-state index contributed by atoms with van der Waals surface area (Å²) in [5.74, 6) is 1.05. The first-order valence-corrected chi connectivity index (χ1v) is 7.85. The molecule has 1 aromatic rings. The van der Waals surface area contributed by atoms with Crippen LogP contribution >= 0.6 is 0 Å². The molecule has 0 aromatic carbocycles. The van der Waals surface area contributed by atoms with Gasteiger partial charge in [-0.3, -0.25) is 4.90 Å². The van der Waals surface area contributed by atoms with Gasteiger partial charge in [0.05, 0.1) is 19.4 Å². The van der Waals surface area contributed by atoms with E-state index < -0.39 is 0 Å². The topological polar surface area (TPSA) is 37.6 Å². The number of nitrogens with zero attached hydrogens (tertiary/aromatic N) is 1. The molecular formula is C16H26N2O2. The summed E-state index contributed by atoms with van der Waals surface area (Å²) in [5, 5.41) is 3.70. The van der Waals surface area contributed by atoms with Gasteiger partial charge in [0.2, 0.25) is 0 Å². The number of hydrogen-bond donors (Lipinski definition) is 1. The number of rotatable bonds is 8. The highest BCUT2D eigenvalue weighted by molar-refractivity contribution is 4.99. The highest BCUT2D eigenvalue weighted by atomic mass is 16.5. The Morgan fingerprint density at radius 3 is 2.95 bits per heavy atom. The van der Waals surface area contributed by atoms with Gasteiger partial charge in [0.15, 0.2) is 0 Å². The van der Waals surface area contributed by atoms with E-state index in [2.05, 4.69) is 23.2 Å². The fourth-order valence-electron chi connectivity index (χ4n) is 2.99. The first kappa shape index (κ1) is 14.1. The smallest absolute Gasteiger partial charge is 0.117 e. The summed E-state index contributed by atoms with van der Waals surface area (Å²) in [5.41, 5.74) is 0.283. The molecule has 0 bridgehead atoms. The van der Waals surface area contributed by atoms with Crippen LogP contribution in [0.25, 0.3) is 0 Å². The van der Waals surface area contributed by atoms with Crippen LogP contribution in [0.2, 0.25) is 0 Å². The van der Waals surface area contributed by atoms with Crippen molar-refractivity contribution in [3.8, 4) is 0 Å². The third-order valence-electron chi connectivity index (χ3n) is 4.49. The predicted octanol–water partition coefficient (Wildman–Crippen LogP) is 2.26. The van der Waals surface area contributed by atoms with Crippen LogP contribution < -0.4 is 5.32 Å². The van der Waals surface area contributed by atoms with Crippen LogP contribution in [0.5, 0.6) is 0 Å². The molecule has 1 unspecified atom stereocenters. The molecule has 1 aliphatic heterocycles. The van der Waals surface area contributed by atoms with Crippen LogP contribution in [0.4, 0.5) is 0 Å². The highest BCUT2D eigenvalue weighted by Gasteiger charge is 2.37. The lowest BCUT2D eigenvalue weighted by molar-refractivity contribution is 0.103. The maximum Gasteiger partial charge on any atom is 0.117 e. The van der Waals surface area contributed by atoms with Crippen molar-refractivity contribution in [1.82, 2.24) is 10.2 Å². The van der Waals surface area contributed by atoms with Crippen LogP contribution in [0, 0.1) is 5.41 Å². The van der Waals surface area contributed by atoms with Crippen molar-refractivity contribution in [3.05, 3.63) is 24.2 Å². The lowest BCUT2D eigenvalue weighted by Gasteiger charge is -2.33. The average Bonchev–Trinajstić information content (AvgIpc) is 2.96. The highest BCUT2D eigenvalue weighted by Crippen LogP contribution is 2.31. The molecule has 0 spiro atoms. The molecule has 4 nitrogen and oxygen atoms in total. The largest absolute Gasteiger partial charge is 0.468 e. The van der Waals surface area contributed by atoms with Gasteiger partial charge >= 0.3 is 0 Å². The van der Waals surface area contributed by atoms with Crippen molar-refractivity contribution in [1.29, 1.82) is 0 Å². The van der Waals surface area contributed by atoms with Gasteiger partial charge in [0, 0.05) is 31.2 Å². The Morgan fingerprint density at radius 2 is 2.35 bits per heavy atom. The molecule has 1 aromatic heterocycles. The minimum atomic E-state index is 0.283. The van der Waals surface area contributed by atoms with E-state index in [9.17, 15) is 0 Å². The molecule has 2 fully saturated rings. The predicted molar refractivity (Wildman–Crippen MR) is 78.6 cm³/mol. The first-order chi connectivity index (χ1) is 9.80. The molecule has 1 N–H and O–H groups in total. The standard InChI is InChI=1S/C16H26N2O2/c1-2-18(10-15-4-3-8-20-15)12-16(7-9-19-13-16)11-17-14-5-6-14/h3-4,8,14,17H,2,5-7,9-13H2,1H3. The molecule has 0 radical (unpaired) electrons. The van der Waals surface area contributed by atoms with Gasteiger partial charge < -0.3 is 14.5 Å². The lowest BCUT2D eigenvalue weighted by atomic mass is 9.86. The van der Waals surface area contributed by atoms with Crippen LogP contribution in [0.1, 0.15) is 31.9 Å². The third-order valence-corrected chi connectivity index (χ3v) is 4.49. The summed E-state index contributed by atoms with van der Waals surface area (Å²) in [6, 6.07) is 4.79. The second-order valence-corrected chi connectivity index (χ2v) is 6.34. The fourth-order valence-corrected chi connectivity index (χ4v) is 2.99. The summed E-state index contributed by atoms with van der Waals surface area (Å²) in [6.07, 6.45) is 5.62. The number of furan rings is 1. The van der Waals surface area contributed by atoms with E-state index in [4.69, 9.17) is 9.15 Å². The molecule has 4 heteroatoms. The zero-order valence-electron chi connectivity index (χ0n) is 12.4. The van der Waals surface area contributed by atoms with Gasteiger partial charge in [-0.1, -0.05) is 6.92 Å². The van der Waals surface area contributed by atoms with Crippen LogP contribution in [-0.2, 0) is 11.3 Å². The number of hydrogen-bond acceptors (Lipinski definition) is 4. The number of ether oxygens (including phenoxy) is 1. The molecule has 1 saturated carbocycles. The zero-order chi connectivity index (χ0) is 13.8. The molecule has 1 saturated heterocycles. The molecule has 112 valence electrons. The van der Waals surface area contributed by atoms with E-state index in [1.165, 1.54) is 19.3 Å². The van der Waals surface area contributed by atoms with E-state index >= 15 is 0 Å². The van der Waals surface area contributed by atoms with E-state index in [0.717, 1.165) is 51.2 Å². The maximum absolute atomic E-state index is 5.70. The average molecular weight is 278 g/mol. The van der Waals surface area contributed by atoms with Crippen molar-refractivity contribution in [3.63, 3.8) is 0 Å². The Bertz CT molecular complexity index is 395. The quantitative estimate of drug-likeness (QED) is 0.791. The van der Waals surface area contributed by atoms with Crippen LogP contribution in [0.3, 0.4) is 0 Å².